The second kappa shape index (κ2) is 9.74. The SMILES string of the molecule is COc1ccc2[nH]cc(CCC3(N)N=C(N4CCN(C)CC4)C=C(Nc4cccc5c4ccn5C)N3)c2c1. The molecule has 4 aromatic rings. The van der Waals surface area contributed by atoms with Crippen molar-refractivity contribution in [3.63, 3.8) is 0 Å². The number of amidine groups is 1. The maximum atomic E-state index is 7.01. The first-order valence-electron chi connectivity index (χ1n) is 13.2. The van der Waals surface area contributed by atoms with Crippen LogP contribution in [-0.2, 0) is 13.5 Å². The van der Waals surface area contributed by atoms with Gasteiger partial charge < -0.3 is 34.7 Å². The number of anilines is 1. The maximum absolute atomic E-state index is 7.01. The third kappa shape index (κ3) is 4.70. The first kappa shape index (κ1) is 24.4. The van der Waals surface area contributed by atoms with Gasteiger partial charge in [-0.3, -0.25) is 5.73 Å². The second-order valence-electron chi connectivity index (χ2n) is 10.4. The highest BCUT2D eigenvalue weighted by molar-refractivity contribution is 5.97. The topological polar surface area (TPSA) is 98.9 Å². The van der Waals surface area contributed by atoms with Gasteiger partial charge in [0.15, 0.2) is 5.79 Å². The van der Waals surface area contributed by atoms with Crippen LogP contribution < -0.4 is 21.1 Å². The molecule has 0 spiro atoms. The van der Waals surface area contributed by atoms with E-state index in [0.29, 0.717) is 6.42 Å². The zero-order valence-electron chi connectivity index (χ0n) is 22.3. The molecule has 0 saturated carbocycles. The number of piperazine rings is 1. The van der Waals surface area contributed by atoms with Crippen LogP contribution in [0.2, 0.25) is 0 Å². The van der Waals surface area contributed by atoms with Crippen molar-refractivity contribution in [2.75, 3.05) is 45.7 Å². The Balaban J connectivity index is 1.29. The molecule has 9 heteroatoms. The van der Waals surface area contributed by atoms with Gasteiger partial charge in [0.2, 0.25) is 0 Å². The Morgan fingerprint density at radius 3 is 2.74 bits per heavy atom. The van der Waals surface area contributed by atoms with Gasteiger partial charge in [0, 0.05) is 85.6 Å². The lowest BCUT2D eigenvalue weighted by Crippen LogP contribution is -2.57. The number of aromatic amines is 1. The van der Waals surface area contributed by atoms with E-state index in [-0.39, 0.29) is 0 Å². The van der Waals surface area contributed by atoms with Gasteiger partial charge in [0.25, 0.3) is 0 Å². The first-order valence-corrected chi connectivity index (χ1v) is 13.2. The van der Waals surface area contributed by atoms with Gasteiger partial charge in [-0.25, -0.2) is 4.99 Å². The third-order valence-corrected chi connectivity index (χ3v) is 7.71. The molecule has 0 amide bonds. The van der Waals surface area contributed by atoms with Gasteiger partial charge in [-0.1, -0.05) is 6.07 Å². The zero-order valence-corrected chi connectivity index (χ0v) is 22.3. The fraction of sp³-hybridized carbons (Fsp3) is 0.345. The molecule has 198 valence electrons. The van der Waals surface area contributed by atoms with E-state index in [1.54, 1.807) is 7.11 Å². The number of nitrogens with two attached hydrogens (primary N) is 1. The molecule has 4 heterocycles. The van der Waals surface area contributed by atoms with Crippen molar-refractivity contribution in [1.82, 2.24) is 24.7 Å². The van der Waals surface area contributed by atoms with Gasteiger partial charge in [-0.15, -0.1) is 0 Å². The first-order chi connectivity index (χ1) is 18.4. The number of benzene rings is 2. The lowest BCUT2D eigenvalue weighted by Gasteiger charge is -2.39. The van der Waals surface area contributed by atoms with Crippen LogP contribution in [-0.4, -0.2) is 71.3 Å². The number of nitrogens with one attached hydrogen (secondary N) is 3. The molecule has 0 radical (unpaired) electrons. The second-order valence-corrected chi connectivity index (χ2v) is 10.4. The Hall–Kier alpha value is -3.95. The number of rotatable bonds is 6. The molecule has 2 aromatic heterocycles. The molecule has 2 aliphatic rings. The van der Waals surface area contributed by atoms with Crippen LogP contribution in [0.4, 0.5) is 5.69 Å². The molecular weight excluding hydrogens is 476 g/mol. The number of methoxy groups -OCH3 is 1. The summed E-state index contributed by atoms with van der Waals surface area (Å²) in [4.78, 5) is 13.1. The molecule has 6 rings (SSSR count). The van der Waals surface area contributed by atoms with E-state index in [0.717, 1.165) is 72.0 Å². The fourth-order valence-corrected chi connectivity index (χ4v) is 5.42. The standard InChI is InChI=1S/C29H36N8O/c1-35-13-15-37(16-14-35)28-18-27(32-25-5-4-6-26-22(25)10-12-36(26)2)33-29(30,34-28)11-9-20-19-31-24-8-7-21(38-3)17-23(20)24/h4-8,10,12,17-19,31-33H,9,11,13-16,30H2,1-3H3. The summed E-state index contributed by atoms with van der Waals surface area (Å²) in [5.74, 6) is 1.66. The number of fused-ring (bicyclic) bond motifs is 2. The van der Waals surface area contributed by atoms with Gasteiger partial charge in [-0.2, -0.15) is 0 Å². The predicted octanol–water partition coefficient (Wildman–Crippen LogP) is 3.42. The molecule has 38 heavy (non-hydrogen) atoms. The highest BCUT2D eigenvalue weighted by Crippen LogP contribution is 2.28. The molecule has 1 unspecified atom stereocenters. The van der Waals surface area contributed by atoms with Crippen molar-refractivity contribution >= 4 is 33.3 Å². The van der Waals surface area contributed by atoms with Crippen molar-refractivity contribution in [1.29, 1.82) is 0 Å². The average Bonchev–Trinajstić information content (AvgIpc) is 3.51. The van der Waals surface area contributed by atoms with Crippen LogP contribution in [0.1, 0.15) is 12.0 Å². The quantitative estimate of drug-likeness (QED) is 0.316. The Kier molecular flexibility index (Phi) is 6.25. The van der Waals surface area contributed by atoms with Crippen LogP contribution >= 0.6 is 0 Å². The van der Waals surface area contributed by atoms with E-state index in [1.165, 1.54) is 11.1 Å². The van der Waals surface area contributed by atoms with Gasteiger partial charge in [-0.05, 0) is 55.4 Å². The van der Waals surface area contributed by atoms with E-state index in [9.17, 15) is 0 Å². The minimum absolute atomic E-state index is 0.628. The molecule has 2 aliphatic heterocycles. The fourth-order valence-electron chi connectivity index (χ4n) is 5.42. The normalized spacial score (nSPS) is 20.4. The summed E-state index contributed by atoms with van der Waals surface area (Å²) in [5, 5.41) is 9.46. The van der Waals surface area contributed by atoms with Crippen molar-refractivity contribution in [3.05, 3.63) is 72.3 Å². The summed E-state index contributed by atoms with van der Waals surface area (Å²) in [6.07, 6.45) is 7.63. The van der Waals surface area contributed by atoms with Crippen molar-refractivity contribution in [2.45, 2.75) is 18.6 Å². The number of aromatic nitrogens is 2. The lowest BCUT2D eigenvalue weighted by atomic mass is 10.0. The molecule has 1 saturated heterocycles. The minimum atomic E-state index is -0.956. The average molecular weight is 513 g/mol. The molecule has 0 aliphatic carbocycles. The summed E-state index contributed by atoms with van der Waals surface area (Å²) < 4.78 is 7.58. The number of aliphatic imine (C=N–C) groups is 1. The molecular formula is C29H36N8O. The maximum Gasteiger partial charge on any atom is 0.185 e. The summed E-state index contributed by atoms with van der Waals surface area (Å²) in [6.45, 7) is 3.85. The van der Waals surface area contributed by atoms with E-state index < -0.39 is 5.79 Å². The summed E-state index contributed by atoms with van der Waals surface area (Å²) in [7, 11) is 5.92. The smallest absolute Gasteiger partial charge is 0.185 e. The Bertz CT molecular complexity index is 1520. The Morgan fingerprint density at radius 2 is 1.92 bits per heavy atom. The van der Waals surface area contributed by atoms with Crippen molar-refractivity contribution in [3.8, 4) is 5.75 Å². The molecule has 0 bridgehead atoms. The molecule has 5 N–H and O–H groups in total. The number of aryl methyl sites for hydroxylation is 2. The number of nitrogens with zero attached hydrogens (tertiary/aromatic N) is 4. The van der Waals surface area contributed by atoms with E-state index in [2.05, 4.69) is 92.9 Å². The van der Waals surface area contributed by atoms with Crippen LogP contribution in [0, 0.1) is 0 Å². The predicted molar refractivity (Wildman–Crippen MR) is 154 cm³/mol. The summed E-state index contributed by atoms with van der Waals surface area (Å²) >= 11 is 0. The number of hydrogen-bond donors (Lipinski definition) is 4. The van der Waals surface area contributed by atoms with Crippen LogP contribution in [0.5, 0.6) is 5.75 Å². The monoisotopic (exact) mass is 512 g/mol. The third-order valence-electron chi connectivity index (χ3n) is 7.71. The molecule has 1 fully saturated rings. The number of hydrogen-bond acceptors (Lipinski definition) is 7. The van der Waals surface area contributed by atoms with E-state index >= 15 is 0 Å². The van der Waals surface area contributed by atoms with Crippen molar-refractivity contribution < 1.29 is 4.74 Å². The molecule has 1 atom stereocenters. The summed E-state index contributed by atoms with van der Waals surface area (Å²) in [5.41, 5.74) is 11.5. The molecule has 2 aromatic carbocycles. The Morgan fingerprint density at radius 1 is 1.08 bits per heavy atom. The largest absolute Gasteiger partial charge is 0.497 e. The van der Waals surface area contributed by atoms with Crippen LogP contribution in [0.25, 0.3) is 21.8 Å². The lowest BCUT2D eigenvalue weighted by molar-refractivity contribution is 0.212. The Labute approximate surface area is 222 Å². The number of ether oxygens (including phenoxy) is 1. The van der Waals surface area contributed by atoms with E-state index in [4.69, 9.17) is 15.5 Å². The van der Waals surface area contributed by atoms with Gasteiger partial charge >= 0.3 is 0 Å². The zero-order chi connectivity index (χ0) is 26.3. The van der Waals surface area contributed by atoms with Gasteiger partial charge in [0.05, 0.1) is 7.11 Å². The minimum Gasteiger partial charge on any atom is -0.497 e. The van der Waals surface area contributed by atoms with Gasteiger partial charge in [0.1, 0.15) is 17.4 Å². The summed E-state index contributed by atoms with van der Waals surface area (Å²) in [6, 6.07) is 14.5. The van der Waals surface area contributed by atoms with Crippen LogP contribution in [0.15, 0.2) is 71.7 Å². The van der Waals surface area contributed by atoms with E-state index in [1.807, 2.05) is 12.1 Å². The highest BCUT2D eigenvalue weighted by Gasteiger charge is 2.31. The van der Waals surface area contributed by atoms with Crippen LogP contribution in [0.3, 0.4) is 0 Å². The number of H-pyrrole nitrogens is 1. The highest BCUT2D eigenvalue weighted by atomic mass is 16.5. The molecule has 9 nitrogen and oxygen atoms in total. The number of likely N-dealkylation sites (N-methyl/N-ethyl adjacent to an activating group) is 1. The van der Waals surface area contributed by atoms with Crippen molar-refractivity contribution in [2.24, 2.45) is 17.8 Å².